The van der Waals surface area contributed by atoms with E-state index in [0.29, 0.717) is 0 Å². The second-order valence-electron chi connectivity index (χ2n) is 1.86. The molecule has 0 radical (unpaired) electrons. The van der Waals surface area contributed by atoms with Gasteiger partial charge in [-0.3, -0.25) is 0 Å². The summed E-state index contributed by atoms with van der Waals surface area (Å²) in [6.07, 6.45) is 2.46. The Morgan fingerprint density at radius 3 is 2.75 bits per heavy atom. The molecule has 0 aliphatic heterocycles. The maximum atomic E-state index is 12.8. The van der Waals surface area contributed by atoms with Crippen molar-refractivity contribution in [2.75, 3.05) is 0 Å². The second-order valence-corrected chi connectivity index (χ2v) is 2.48. The second kappa shape index (κ2) is 4.11. The van der Waals surface area contributed by atoms with Gasteiger partial charge in [-0.15, -0.1) is 0 Å². The highest BCUT2D eigenvalue weighted by Gasteiger charge is 2.00. The summed E-state index contributed by atoms with van der Waals surface area (Å²) in [6.45, 7) is 0. The molecule has 0 N–H and O–H groups in total. The molecule has 0 atom stereocenters. The Morgan fingerprint density at radius 2 is 2.33 bits per heavy atom. The lowest BCUT2D eigenvalue weighted by Crippen LogP contribution is -1.89. The van der Waals surface area contributed by atoms with Crippen LogP contribution in [0.25, 0.3) is 5.83 Å². The molecule has 1 rings (SSSR count). The van der Waals surface area contributed by atoms with Gasteiger partial charge in [0.25, 0.3) is 0 Å². The van der Waals surface area contributed by atoms with Gasteiger partial charge >= 0.3 is 0 Å². The summed E-state index contributed by atoms with van der Waals surface area (Å²) < 4.78 is 14.0. The lowest BCUT2D eigenvalue weighted by atomic mass is 10.4. The zero-order valence-electron chi connectivity index (χ0n) is 5.83. The maximum Gasteiger partial charge on any atom is 0.158 e. The van der Waals surface area contributed by atoms with Crippen LogP contribution in [0.5, 0.6) is 0 Å². The third-order valence-electron chi connectivity index (χ3n) is 1.11. The Hall–Kier alpha value is -1.03. The fourth-order valence-corrected chi connectivity index (χ4v) is 0.884. The third kappa shape index (κ3) is 1.98. The summed E-state index contributed by atoms with van der Waals surface area (Å²) in [5.74, 6) is -0.451. The number of aromatic nitrogens is 2. The lowest BCUT2D eigenvalue weighted by molar-refractivity contribution is 0.753. The molecule has 1 aromatic rings. The zero-order chi connectivity index (χ0) is 8.97. The van der Waals surface area contributed by atoms with E-state index in [4.69, 9.17) is 5.26 Å². The minimum atomic E-state index is -0.451. The highest BCUT2D eigenvalue weighted by Crippen LogP contribution is 2.13. The molecule has 0 unspecified atom stereocenters. The van der Waals surface area contributed by atoms with Crippen molar-refractivity contribution < 1.29 is 4.39 Å². The average Bonchev–Trinajstić information content (AvgIpc) is 2.17. The fourth-order valence-electron chi connectivity index (χ4n) is 0.565. The van der Waals surface area contributed by atoms with Crippen molar-refractivity contribution >= 4 is 28.4 Å². The third-order valence-corrected chi connectivity index (χ3v) is 1.65. The first-order valence-electron chi connectivity index (χ1n) is 2.96. The molecule has 0 saturated heterocycles. The standard InChI is InChI=1S/C7H3FIN3/c8-6(1-9)7-4-11-5(2-10)3-12-7/h1,3-4H/b6-1-. The summed E-state index contributed by atoms with van der Waals surface area (Å²) in [6, 6.07) is 1.79. The normalized spacial score (nSPS) is 10.9. The van der Waals surface area contributed by atoms with Gasteiger partial charge in [0.1, 0.15) is 11.8 Å². The number of hydrogen-bond acceptors (Lipinski definition) is 3. The van der Waals surface area contributed by atoms with E-state index in [9.17, 15) is 4.39 Å². The SMILES string of the molecule is N#Cc1cnc(/C(F)=C/I)cn1. The molecular weight excluding hydrogens is 272 g/mol. The minimum absolute atomic E-state index is 0.142. The smallest absolute Gasteiger partial charge is 0.158 e. The van der Waals surface area contributed by atoms with Crippen LogP contribution >= 0.6 is 22.6 Å². The van der Waals surface area contributed by atoms with Gasteiger partial charge in [-0.25, -0.2) is 14.4 Å². The molecule has 0 aliphatic carbocycles. The van der Waals surface area contributed by atoms with Crippen LogP contribution in [0.4, 0.5) is 4.39 Å². The topological polar surface area (TPSA) is 49.6 Å². The van der Waals surface area contributed by atoms with Gasteiger partial charge in [0.05, 0.1) is 12.4 Å². The Morgan fingerprint density at radius 1 is 1.58 bits per heavy atom. The number of halogens is 2. The van der Waals surface area contributed by atoms with E-state index in [-0.39, 0.29) is 11.4 Å². The van der Waals surface area contributed by atoms with E-state index in [2.05, 4.69) is 9.97 Å². The molecule has 60 valence electrons. The van der Waals surface area contributed by atoms with Crippen LogP contribution < -0.4 is 0 Å². The Labute approximate surface area is 82.1 Å². The van der Waals surface area contributed by atoms with Gasteiger partial charge in [0.2, 0.25) is 0 Å². The van der Waals surface area contributed by atoms with Gasteiger partial charge in [-0.2, -0.15) is 5.26 Å². The van der Waals surface area contributed by atoms with E-state index in [1.54, 1.807) is 28.7 Å². The number of nitriles is 1. The summed E-state index contributed by atoms with van der Waals surface area (Å²) in [4.78, 5) is 7.35. The van der Waals surface area contributed by atoms with E-state index in [0.717, 1.165) is 0 Å². The monoisotopic (exact) mass is 275 g/mol. The van der Waals surface area contributed by atoms with Crippen LogP contribution in [0.2, 0.25) is 0 Å². The number of rotatable bonds is 1. The zero-order valence-corrected chi connectivity index (χ0v) is 7.99. The van der Waals surface area contributed by atoms with Crippen LogP contribution in [0.1, 0.15) is 11.4 Å². The van der Waals surface area contributed by atoms with Gasteiger partial charge in [0, 0.05) is 4.08 Å². The molecule has 0 spiro atoms. The molecule has 3 nitrogen and oxygen atoms in total. The predicted octanol–water partition coefficient (Wildman–Crippen LogP) is 2.05. The number of nitrogens with zero attached hydrogens (tertiary/aromatic N) is 3. The quantitative estimate of drug-likeness (QED) is 0.737. The molecule has 0 fully saturated rings. The Balaban J connectivity index is 3.02. The van der Waals surface area contributed by atoms with Crippen molar-refractivity contribution in [2.24, 2.45) is 0 Å². The molecule has 1 aromatic heterocycles. The van der Waals surface area contributed by atoms with E-state index >= 15 is 0 Å². The van der Waals surface area contributed by atoms with E-state index in [1.807, 2.05) is 0 Å². The van der Waals surface area contributed by atoms with Crippen LogP contribution in [-0.4, -0.2) is 9.97 Å². The van der Waals surface area contributed by atoms with Crippen LogP contribution in [0, 0.1) is 11.3 Å². The first-order chi connectivity index (χ1) is 5.77. The van der Waals surface area contributed by atoms with Gasteiger partial charge < -0.3 is 0 Å². The molecule has 5 heteroatoms. The van der Waals surface area contributed by atoms with Crippen molar-refractivity contribution in [3.63, 3.8) is 0 Å². The van der Waals surface area contributed by atoms with Crippen LogP contribution in [0.3, 0.4) is 0 Å². The molecule has 0 amide bonds. The minimum Gasteiger partial charge on any atom is -0.249 e. The Bertz CT molecular complexity index is 339. The van der Waals surface area contributed by atoms with Crippen LogP contribution in [-0.2, 0) is 0 Å². The predicted molar refractivity (Wildman–Crippen MR) is 49.9 cm³/mol. The highest BCUT2D eigenvalue weighted by atomic mass is 127. The summed E-state index contributed by atoms with van der Waals surface area (Å²) in [5, 5.41) is 8.36. The first kappa shape index (κ1) is 9.06. The van der Waals surface area contributed by atoms with Gasteiger partial charge in [0.15, 0.2) is 11.5 Å². The fraction of sp³-hybridized carbons (Fsp3) is 0. The van der Waals surface area contributed by atoms with E-state index < -0.39 is 5.83 Å². The maximum absolute atomic E-state index is 12.8. The Kier molecular flexibility index (Phi) is 3.10. The van der Waals surface area contributed by atoms with E-state index in [1.165, 1.54) is 16.5 Å². The van der Waals surface area contributed by atoms with Crippen molar-refractivity contribution in [2.45, 2.75) is 0 Å². The average molecular weight is 275 g/mol. The molecule has 0 bridgehead atoms. The number of hydrogen-bond donors (Lipinski definition) is 0. The first-order valence-corrected chi connectivity index (χ1v) is 4.21. The van der Waals surface area contributed by atoms with Crippen molar-refractivity contribution in [1.82, 2.24) is 9.97 Å². The molecule has 0 aliphatic rings. The molecule has 0 saturated carbocycles. The van der Waals surface area contributed by atoms with Crippen molar-refractivity contribution in [3.05, 3.63) is 27.9 Å². The summed E-state index contributed by atoms with van der Waals surface area (Å²) in [7, 11) is 0. The van der Waals surface area contributed by atoms with Crippen LogP contribution in [0.15, 0.2) is 16.5 Å². The largest absolute Gasteiger partial charge is 0.249 e. The van der Waals surface area contributed by atoms with Crippen molar-refractivity contribution in [3.8, 4) is 6.07 Å². The lowest BCUT2D eigenvalue weighted by Gasteiger charge is -1.93. The van der Waals surface area contributed by atoms with Gasteiger partial charge in [-0.1, -0.05) is 0 Å². The molecule has 0 aromatic carbocycles. The van der Waals surface area contributed by atoms with Crippen molar-refractivity contribution in [1.29, 1.82) is 5.26 Å². The summed E-state index contributed by atoms with van der Waals surface area (Å²) in [5.41, 5.74) is 0.323. The van der Waals surface area contributed by atoms with Gasteiger partial charge in [-0.05, 0) is 22.6 Å². The summed E-state index contributed by atoms with van der Waals surface area (Å²) >= 11 is 1.77. The highest BCUT2D eigenvalue weighted by molar-refractivity contribution is 14.1. The molecule has 12 heavy (non-hydrogen) atoms. The molecule has 1 heterocycles. The molecular formula is C7H3FIN3.